The summed E-state index contributed by atoms with van der Waals surface area (Å²) >= 11 is 0. The number of nitrogen functional groups attached to an aromatic ring is 1. The van der Waals surface area contributed by atoms with Crippen LogP contribution >= 0.6 is 0 Å². The van der Waals surface area contributed by atoms with Crippen molar-refractivity contribution in [2.45, 2.75) is 0 Å². The highest BCUT2D eigenvalue weighted by Gasteiger charge is 2.01. The third-order valence-corrected chi connectivity index (χ3v) is 1.79. The molecule has 0 amide bonds. The molecule has 0 saturated heterocycles. The van der Waals surface area contributed by atoms with Gasteiger partial charge in [-0.25, -0.2) is 4.98 Å². The first-order valence-electron chi connectivity index (χ1n) is 4.33. The highest BCUT2D eigenvalue weighted by molar-refractivity contribution is 5.52. The minimum Gasteiger partial charge on any atom is -0.437 e. The molecule has 1 heterocycles. The molecule has 2 aromatic rings. The molecule has 76 valence electrons. The second-order valence-corrected chi connectivity index (χ2v) is 2.89. The van der Waals surface area contributed by atoms with Gasteiger partial charge in [0.15, 0.2) is 5.75 Å². The predicted octanol–water partition coefficient (Wildman–Crippen LogP) is 1.14. The average Bonchev–Trinajstić information content (AvgIpc) is 2.22. The standard InChI is InChI=1S/C10H9N3O2/c11-7-3-1-2-4-8(7)15-10-5-9(14)12-6-13-10/h1-6H,11H2,(H,12,13,14). The van der Waals surface area contributed by atoms with Gasteiger partial charge in [0.25, 0.3) is 5.56 Å². The number of para-hydroxylation sites is 2. The van der Waals surface area contributed by atoms with Gasteiger partial charge >= 0.3 is 0 Å². The van der Waals surface area contributed by atoms with Gasteiger partial charge in [-0.2, -0.15) is 0 Å². The van der Waals surface area contributed by atoms with E-state index in [-0.39, 0.29) is 11.4 Å². The molecule has 0 aliphatic carbocycles. The van der Waals surface area contributed by atoms with Gasteiger partial charge in [0.2, 0.25) is 5.88 Å². The summed E-state index contributed by atoms with van der Waals surface area (Å²) in [5.41, 5.74) is 5.90. The molecule has 1 aromatic heterocycles. The Morgan fingerprint density at radius 1 is 1.33 bits per heavy atom. The van der Waals surface area contributed by atoms with Gasteiger partial charge in [-0.05, 0) is 12.1 Å². The number of nitrogens with two attached hydrogens (primary N) is 1. The lowest BCUT2D eigenvalue weighted by molar-refractivity contribution is 0.463. The molecule has 15 heavy (non-hydrogen) atoms. The summed E-state index contributed by atoms with van der Waals surface area (Å²) in [5, 5.41) is 0. The summed E-state index contributed by atoms with van der Waals surface area (Å²) in [6.07, 6.45) is 1.27. The Morgan fingerprint density at radius 3 is 2.87 bits per heavy atom. The molecule has 2 rings (SSSR count). The van der Waals surface area contributed by atoms with Gasteiger partial charge in [0, 0.05) is 0 Å². The van der Waals surface area contributed by atoms with Crippen molar-refractivity contribution in [2.75, 3.05) is 5.73 Å². The molecule has 0 spiro atoms. The molecule has 3 N–H and O–H groups in total. The maximum atomic E-state index is 11.0. The van der Waals surface area contributed by atoms with E-state index >= 15 is 0 Å². The Morgan fingerprint density at radius 2 is 2.13 bits per heavy atom. The smallest absolute Gasteiger partial charge is 0.254 e. The van der Waals surface area contributed by atoms with Crippen molar-refractivity contribution in [1.29, 1.82) is 0 Å². The summed E-state index contributed by atoms with van der Waals surface area (Å²) in [5.74, 6) is 0.701. The molecule has 1 aromatic carbocycles. The molecule has 0 atom stereocenters. The first kappa shape index (κ1) is 9.26. The van der Waals surface area contributed by atoms with Crippen molar-refractivity contribution in [2.24, 2.45) is 0 Å². The second kappa shape index (κ2) is 3.83. The van der Waals surface area contributed by atoms with Crippen molar-refractivity contribution >= 4 is 5.69 Å². The molecular formula is C10H9N3O2. The van der Waals surface area contributed by atoms with Crippen LogP contribution in [0.1, 0.15) is 0 Å². The molecule has 5 nitrogen and oxygen atoms in total. The quantitative estimate of drug-likeness (QED) is 0.717. The molecular weight excluding hydrogens is 194 g/mol. The van der Waals surface area contributed by atoms with E-state index in [1.54, 1.807) is 24.3 Å². The van der Waals surface area contributed by atoms with Gasteiger partial charge in [0.05, 0.1) is 18.1 Å². The number of aromatic nitrogens is 2. The van der Waals surface area contributed by atoms with Crippen LogP contribution in [0.15, 0.2) is 41.5 Å². The Bertz CT molecular complexity index is 522. The number of anilines is 1. The largest absolute Gasteiger partial charge is 0.437 e. The van der Waals surface area contributed by atoms with Crippen LogP contribution in [0.5, 0.6) is 11.6 Å². The van der Waals surface area contributed by atoms with Gasteiger partial charge < -0.3 is 15.5 Å². The Hall–Kier alpha value is -2.30. The summed E-state index contributed by atoms with van der Waals surface area (Å²) < 4.78 is 5.33. The van der Waals surface area contributed by atoms with Crippen molar-refractivity contribution in [3.63, 3.8) is 0 Å². The third kappa shape index (κ3) is 2.14. The van der Waals surface area contributed by atoms with Crippen molar-refractivity contribution < 1.29 is 4.74 Å². The highest BCUT2D eigenvalue weighted by Crippen LogP contribution is 2.24. The minimum absolute atomic E-state index is 0.219. The monoisotopic (exact) mass is 203 g/mol. The predicted molar refractivity (Wildman–Crippen MR) is 55.8 cm³/mol. The van der Waals surface area contributed by atoms with E-state index in [4.69, 9.17) is 10.5 Å². The molecule has 0 aliphatic rings. The molecule has 0 unspecified atom stereocenters. The highest BCUT2D eigenvalue weighted by atomic mass is 16.5. The fraction of sp³-hybridized carbons (Fsp3) is 0. The Kier molecular flexibility index (Phi) is 2.37. The van der Waals surface area contributed by atoms with E-state index in [0.29, 0.717) is 11.4 Å². The molecule has 0 radical (unpaired) electrons. The van der Waals surface area contributed by atoms with Crippen LogP contribution < -0.4 is 16.0 Å². The number of ether oxygens (including phenoxy) is 1. The third-order valence-electron chi connectivity index (χ3n) is 1.79. The SMILES string of the molecule is Nc1ccccc1Oc1cc(=O)[nH]cn1. The van der Waals surface area contributed by atoms with E-state index in [1.807, 2.05) is 0 Å². The zero-order chi connectivity index (χ0) is 10.7. The van der Waals surface area contributed by atoms with E-state index in [9.17, 15) is 4.79 Å². The van der Waals surface area contributed by atoms with Crippen LogP contribution in [0, 0.1) is 0 Å². The lowest BCUT2D eigenvalue weighted by atomic mass is 10.3. The molecule has 0 aliphatic heterocycles. The van der Waals surface area contributed by atoms with Crippen molar-refractivity contribution in [1.82, 2.24) is 9.97 Å². The second-order valence-electron chi connectivity index (χ2n) is 2.89. The number of nitrogens with one attached hydrogen (secondary N) is 1. The molecule has 0 saturated carbocycles. The van der Waals surface area contributed by atoms with Crippen LogP contribution in [0.3, 0.4) is 0 Å². The van der Waals surface area contributed by atoms with Gasteiger partial charge in [-0.3, -0.25) is 4.79 Å². The van der Waals surface area contributed by atoms with Crippen LogP contribution in [-0.2, 0) is 0 Å². The summed E-state index contributed by atoms with van der Waals surface area (Å²) in [6.45, 7) is 0. The maximum absolute atomic E-state index is 11.0. The molecule has 5 heteroatoms. The van der Waals surface area contributed by atoms with Crippen LogP contribution in [0.2, 0.25) is 0 Å². The first-order chi connectivity index (χ1) is 7.25. The van der Waals surface area contributed by atoms with E-state index in [1.165, 1.54) is 12.4 Å². The minimum atomic E-state index is -0.269. The zero-order valence-electron chi connectivity index (χ0n) is 7.81. The number of nitrogens with zero attached hydrogens (tertiary/aromatic N) is 1. The number of benzene rings is 1. The van der Waals surface area contributed by atoms with E-state index in [2.05, 4.69) is 9.97 Å². The number of H-pyrrole nitrogens is 1. The summed E-state index contributed by atoms with van der Waals surface area (Å²) in [7, 11) is 0. The number of rotatable bonds is 2. The van der Waals surface area contributed by atoms with E-state index in [0.717, 1.165) is 0 Å². The first-order valence-corrected chi connectivity index (χ1v) is 4.33. The maximum Gasteiger partial charge on any atom is 0.254 e. The lowest BCUT2D eigenvalue weighted by Gasteiger charge is -2.05. The summed E-state index contributed by atoms with van der Waals surface area (Å²) in [6, 6.07) is 8.26. The fourth-order valence-electron chi connectivity index (χ4n) is 1.09. The lowest BCUT2D eigenvalue weighted by Crippen LogP contribution is -2.04. The van der Waals surface area contributed by atoms with Crippen LogP contribution in [0.4, 0.5) is 5.69 Å². The normalized spacial score (nSPS) is 9.87. The number of aromatic amines is 1. The molecule has 0 bridgehead atoms. The van der Waals surface area contributed by atoms with E-state index < -0.39 is 0 Å². The van der Waals surface area contributed by atoms with Crippen molar-refractivity contribution in [3.8, 4) is 11.6 Å². The fourth-order valence-corrected chi connectivity index (χ4v) is 1.09. The Labute approximate surface area is 85.5 Å². The Balaban J connectivity index is 2.30. The number of hydrogen-bond donors (Lipinski definition) is 2. The van der Waals surface area contributed by atoms with Crippen LogP contribution in [-0.4, -0.2) is 9.97 Å². The van der Waals surface area contributed by atoms with Crippen LogP contribution in [0.25, 0.3) is 0 Å². The average molecular weight is 203 g/mol. The van der Waals surface area contributed by atoms with Gasteiger partial charge in [0.1, 0.15) is 0 Å². The number of hydrogen-bond acceptors (Lipinski definition) is 4. The molecule has 0 fully saturated rings. The summed E-state index contributed by atoms with van der Waals surface area (Å²) in [4.78, 5) is 17.2. The zero-order valence-corrected chi connectivity index (χ0v) is 7.81. The van der Waals surface area contributed by atoms with Gasteiger partial charge in [-0.1, -0.05) is 12.1 Å². The topological polar surface area (TPSA) is 81.0 Å². The van der Waals surface area contributed by atoms with Crippen molar-refractivity contribution in [3.05, 3.63) is 47.0 Å². The van der Waals surface area contributed by atoms with Gasteiger partial charge in [-0.15, -0.1) is 0 Å².